The number of hydrogen-bond donors (Lipinski definition) is 0. The van der Waals surface area contributed by atoms with Crippen LogP contribution in [0.15, 0.2) is 29.0 Å². The number of alkyl halides is 1. The molecule has 18 heavy (non-hydrogen) atoms. The Bertz CT molecular complexity index is 558. The van der Waals surface area contributed by atoms with Gasteiger partial charge in [-0.15, -0.1) is 11.6 Å². The van der Waals surface area contributed by atoms with Gasteiger partial charge in [0.1, 0.15) is 0 Å². The molecular formula is C13H15BrClN3. The van der Waals surface area contributed by atoms with E-state index in [1.54, 1.807) is 10.9 Å². The molecule has 0 saturated heterocycles. The Morgan fingerprint density at radius 1 is 1.33 bits per heavy atom. The summed E-state index contributed by atoms with van der Waals surface area (Å²) in [6.45, 7) is 6.41. The van der Waals surface area contributed by atoms with E-state index in [0.29, 0.717) is 5.88 Å². The lowest BCUT2D eigenvalue weighted by atomic mass is 9.91. The summed E-state index contributed by atoms with van der Waals surface area (Å²) in [7, 11) is 0. The number of halogens is 2. The number of hydrogen-bond acceptors (Lipinski definition) is 2. The Kier molecular flexibility index (Phi) is 3.78. The summed E-state index contributed by atoms with van der Waals surface area (Å²) in [5.41, 5.74) is 2.06. The Hall–Kier alpha value is -0.870. The SMILES string of the molecule is CC(C)(C)c1cc(CCl)cc(-n2cc(Br)cn2)n1. The third-order valence-electron chi connectivity index (χ3n) is 2.58. The lowest BCUT2D eigenvalue weighted by Crippen LogP contribution is -2.15. The van der Waals surface area contributed by atoms with Crippen molar-refractivity contribution in [3.05, 3.63) is 40.3 Å². The minimum absolute atomic E-state index is 0.0127. The minimum Gasteiger partial charge on any atom is -0.233 e. The summed E-state index contributed by atoms with van der Waals surface area (Å²) in [5, 5.41) is 4.25. The molecule has 3 nitrogen and oxygen atoms in total. The molecule has 0 bridgehead atoms. The van der Waals surface area contributed by atoms with Crippen molar-refractivity contribution < 1.29 is 0 Å². The van der Waals surface area contributed by atoms with Gasteiger partial charge in [-0.25, -0.2) is 9.67 Å². The van der Waals surface area contributed by atoms with Gasteiger partial charge in [0.25, 0.3) is 0 Å². The predicted octanol–water partition coefficient (Wildman–Crippen LogP) is 4.07. The maximum atomic E-state index is 5.95. The highest BCUT2D eigenvalue weighted by Gasteiger charge is 2.17. The third-order valence-corrected chi connectivity index (χ3v) is 3.30. The fourth-order valence-corrected chi connectivity index (χ4v) is 2.02. The average Bonchev–Trinajstić information content (AvgIpc) is 2.74. The van der Waals surface area contributed by atoms with Crippen LogP contribution in [0.2, 0.25) is 0 Å². The van der Waals surface area contributed by atoms with Gasteiger partial charge >= 0.3 is 0 Å². The number of pyridine rings is 1. The van der Waals surface area contributed by atoms with E-state index in [-0.39, 0.29) is 5.41 Å². The standard InChI is InChI=1S/C13H15BrClN3/c1-13(2,3)11-4-9(6-15)5-12(17-11)18-8-10(14)7-16-18/h4-5,7-8H,6H2,1-3H3. The monoisotopic (exact) mass is 327 g/mol. The second-order valence-corrected chi connectivity index (χ2v) is 6.39. The van der Waals surface area contributed by atoms with E-state index in [9.17, 15) is 0 Å². The number of rotatable bonds is 2. The molecule has 2 aromatic rings. The lowest BCUT2D eigenvalue weighted by Gasteiger charge is -2.19. The average molecular weight is 329 g/mol. The smallest absolute Gasteiger partial charge is 0.153 e. The van der Waals surface area contributed by atoms with Crippen LogP contribution in [0.5, 0.6) is 0 Å². The molecule has 0 saturated carbocycles. The molecule has 0 aliphatic carbocycles. The second-order valence-electron chi connectivity index (χ2n) is 5.21. The largest absolute Gasteiger partial charge is 0.233 e. The highest BCUT2D eigenvalue weighted by atomic mass is 79.9. The normalized spacial score (nSPS) is 11.8. The van der Waals surface area contributed by atoms with Crippen LogP contribution in [0.1, 0.15) is 32.0 Å². The van der Waals surface area contributed by atoms with Gasteiger partial charge in [0, 0.05) is 23.2 Å². The number of nitrogens with zero attached hydrogens (tertiary/aromatic N) is 3. The van der Waals surface area contributed by atoms with Crippen LogP contribution in [-0.2, 0) is 11.3 Å². The molecular weight excluding hydrogens is 314 g/mol. The van der Waals surface area contributed by atoms with E-state index in [4.69, 9.17) is 11.6 Å². The molecule has 0 fully saturated rings. The molecule has 0 amide bonds. The first-order valence-electron chi connectivity index (χ1n) is 5.68. The first-order chi connectivity index (χ1) is 8.40. The predicted molar refractivity (Wildman–Crippen MR) is 77.3 cm³/mol. The van der Waals surface area contributed by atoms with E-state index in [1.165, 1.54) is 0 Å². The van der Waals surface area contributed by atoms with E-state index in [1.807, 2.05) is 12.3 Å². The van der Waals surface area contributed by atoms with Crippen LogP contribution < -0.4 is 0 Å². The van der Waals surface area contributed by atoms with Crippen LogP contribution >= 0.6 is 27.5 Å². The fraction of sp³-hybridized carbons (Fsp3) is 0.385. The van der Waals surface area contributed by atoms with Crippen molar-refractivity contribution in [3.63, 3.8) is 0 Å². The topological polar surface area (TPSA) is 30.7 Å². The second kappa shape index (κ2) is 5.02. The molecule has 0 aromatic carbocycles. The lowest BCUT2D eigenvalue weighted by molar-refractivity contribution is 0.565. The zero-order valence-electron chi connectivity index (χ0n) is 10.6. The number of aromatic nitrogens is 3. The molecule has 0 aliphatic heterocycles. The van der Waals surface area contributed by atoms with Gasteiger partial charge in [-0.1, -0.05) is 20.8 Å². The summed E-state index contributed by atoms with van der Waals surface area (Å²) in [6.07, 6.45) is 3.62. The summed E-state index contributed by atoms with van der Waals surface area (Å²) in [4.78, 5) is 4.66. The van der Waals surface area contributed by atoms with Crippen molar-refractivity contribution in [2.75, 3.05) is 0 Å². The van der Waals surface area contributed by atoms with Gasteiger partial charge in [-0.3, -0.25) is 0 Å². The van der Waals surface area contributed by atoms with Crippen molar-refractivity contribution in [2.24, 2.45) is 0 Å². The van der Waals surface area contributed by atoms with Crippen molar-refractivity contribution in [1.29, 1.82) is 0 Å². The molecule has 0 radical (unpaired) electrons. The maximum absolute atomic E-state index is 5.95. The zero-order chi connectivity index (χ0) is 13.3. The Morgan fingerprint density at radius 2 is 2.06 bits per heavy atom. The zero-order valence-corrected chi connectivity index (χ0v) is 13.0. The van der Waals surface area contributed by atoms with Crippen LogP contribution in [0.25, 0.3) is 5.82 Å². The molecule has 2 heterocycles. The van der Waals surface area contributed by atoms with E-state index in [0.717, 1.165) is 21.5 Å². The Balaban J connectivity index is 2.54. The summed E-state index contributed by atoms with van der Waals surface area (Å²) < 4.78 is 2.67. The maximum Gasteiger partial charge on any atom is 0.153 e. The van der Waals surface area contributed by atoms with Crippen molar-refractivity contribution in [2.45, 2.75) is 32.1 Å². The van der Waals surface area contributed by atoms with Gasteiger partial charge in [-0.05, 0) is 33.6 Å². The van der Waals surface area contributed by atoms with Crippen LogP contribution in [-0.4, -0.2) is 14.8 Å². The first-order valence-corrected chi connectivity index (χ1v) is 7.01. The van der Waals surface area contributed by atoms with Gasteiger partial charge in [0.15, 0.2) is 5.82 Å². The van der Waals surface area contributed by atoms with Crippen LogP contribution in [0, 0.1) is 0 Å². The van der Waals surface area contributed by atoms with Crippen molar-refractivity contribution in [3.8, 4) is 5.82 Å². The molecule has 0 atom stereocenters. The molecule has 96 valence electrons. The highest BCUT2D eigenvalue weighted by molar-refractivity contribution is 9.10. The Morgan fingerprint density at radius 3 is 2.56 bits per heavy atom. The highest BCUT2D eigenvalue weighted by Crippen LogP contribution is 2.24. The van der Waals surface area contributed by atoms with Crippen LogP contribution in [0.4, 0.5) is 0 Å². The molecule has 0 unspecified atom stereocenters. The van der Waals surface area contributed by atoms with Crippen LogP contribution in [0.3, 0.4) is 0 Å². The van der Waals surface area contributed by atoms with Gasteiger partial charge < -0.3 is 0 Å². The molecule has 2 aromatic heterocycles. The summed E-state index contributed by atoms with van der Waals surface area (Å²) >= 11 is 9.33. The van der Waals surface area contributed by atoms with E-state index >= 15 is 0 Å². The van der Waals surface area contributed by atoms with E-state index in [2.05, 4.69) is 52.9 Å². The summed E-state index contributed by atoms with van der Waals surface area (Å²) in [6, 6.07) is 4.01. The van der Waals surface area contributed by atoms with Crippen molar-refractivity contribution in [1.82, 2.24) is 14.8 Å². The molecule has 5 heteroatoms. The molecule has 0 spiro atoms. The molecule has 2 rings (SSSR count). The fourth-order valence-electron chi connectivity index (χ4n) is 1.58. The molecule has 0 N–H and O–H groups in total. The van der Waals surface area contributed by atoms with Gasteiger partial charge in [-0.2, -0.15) is 5.10 Å². The minimum atomic E-state index is -0.0127. The van der Waals surface area contributed by atoms with E-state index < -0.39 is 0 Å². The molecule has 0 aliphatic rings. The summed E-state index contributed by atoms with van der Waals surface area (Å²) in [5.74, 6) is 1.27. The third kappa shape index (κ3) is 2.93. The van der Waals surface area contributed by atoms with Gasteiger partial charge in [0.2, 0.25) is 0 Å². The van der Waals surface area contributed by atoms with Gasteiger partial charge in [0.05, 0.1) is 10.7 Å². The quantitative estimate of drug-likeness (QED) is 0.778. The first kappa shape index (κ1) is 13.6. The Labute approximate surface area is 120 Å². The van der Waals surface area contributed by atoms with Crippen molar-refractivity contribution >= 4 is 27.5 Å².